The van der Waals surface area contributed by atoms with Crippen LogP contribution >= 0.6 is 0 Å². The summed E-state index contributed by atoms with van der Waals surface area (Å²) in [6.07, 6.45) is 2.92. The van der Waals surface area contributed by atoms with E-state index in [1.807, 2.05) is 0 Å². The molecule has 0 aliphatic carbocycles. The minimum absolute atomic E-state index is 0.109. The van der Waals surface area contributed by atoms with Crippen molar-refractivity contribution in [2.24, 2.45) is 0 Å². The standard InChI is InChI=1S/C12H9N3O3/c13-11-4-3-9(15(17)18)6-10(11)12(16)8-2-1-5-14-7-8/h1-7H,13H2. The number of pyridine rings is 1. The summed E-state index contributed by atoms with van der Waals surface area (Å²) in [6.45, 7) is 0. The van der Waals surface area contributed by atoms with Gasteiger partial charge in [0, 0.05) is 35.8 Å². The molecule has 18 heavy (non-hydrogen) atoms. The molecule has 0 atom stereocenters. The Balaban J connectivity index is 2.48. The summed E-state index contributed by atoms with van der Waals surface area (Å²) in [5.74, 6) is -0.385. The van der Waals surface area contributed by atoms with E-state index in [0.29, 0.717) is 5.56 Å². The number of nitrogen functional groups attached to an aromatic ring is 1. The molecule has 6 heteroatoms. The van der Waals surface area contributed by atoms with Crippen LogP contribution in [0.4, 0.5) is 11.4 Å². The molecule has 1 heterocycles. The van der Waals surface area contributed by atoms with Gasteiger partial charge in [-0.2, -0.15) is 0 Å². The lowest BCUT2D eigenvalue weighted by atomic mass is 10.0. The third-order valence-corrected chi connectivity index (χ3v) is 2.42. The van der Waals surface area contributed by atoms with Crippen LogP contribution in [-0.2, 0) is 0 Å². The van der Waals surface area contributed by atoms with Crippen molar-refractivity contribution in [2.75, 3.05) is 5.73 Å². The largest absolute Gasteiger partial charge is 0.398 e. The minimum atomic E-state index is -0.570. The predicted molar refractivity (Wildman–Crippen MR) is 65.2 cm³/mol. The fourth-order valence-corrected chi connectivity index (χ4v) is 1.51. The van der Waals surface area contributed by atoms with E-state index in [2.05, 4.69) is 4.98 Å². The molecule has 0 spiro atoms. The Bertz CT molecular complexity index is 611. The summed E-state index contributed by atoms with van der Waals surface area (Å²) in [6, 6.07) is 6.97. The summed E-state index contributed by atoms with van der Waals surface area (Å²) in [7, 11) is 0. The number of nitrogens with two attached hydrogens (primary N) is 1. The fraction of sp³-hybridized carbons (Fsp3) is 0. The Labute approximate surface area is 102 Å². The smallest absolute Gasteiger partial charge is 0.270 e. The first-order valence-electron chi connectivity index (χ1n) is 5.08. The van der Waals surface area contributed by atoms with E-state index in [9.17, 15) is 14.9 Å². The molecule has 0 aliphatic heterocycles. The second-order valence-corrected chi connectivity index (χ2v) is 3.60. The van der Waals surface area contributed by atoms with Gasteiger partial charge < -0.3 is 5.73 Å². The third kappa shape index (κ3) is 2.17. The lowest BCUT2D eigenvalue weighted by Gasteiger charge is -2.04. The molecule has 0 saturated heterocycles. The quantitative estimate of drug-likeness (QED) is 0.383. The topological polar surface area (TPSA) is 99.1 Å². The van der Waals surface area contributed by atoms with Gasteiger partial charge in [0.25, 0.3) is 5.69 Å². The summed E-state index contributed by atoms with van der Waals surface area (Å²) >= 11 is 0. The number of rotatable bonds is 3. The normalized spacial score (nSPS) is 10.0. The van der Waals surface area contributed by atoms with E-state index in [4.69, 9.17) is 5.73 Å². The Morgan fingerprint density at radius 3 is 2.72 bits per heavy atom. The number of hydrogen-bond donors (Lipinski definition) is 1. The third-order valence-electron chi connectivity index (χ3n) is 2.42. The summed E-state index contributed by atoms with van der Waals surface area (Å²) in [5.41, 5.74) is 6.14. The number of non-ortho nitro benzene ring substituents is 1. The molecule has 2 rings (SSSR count). The van der Waals surface area contributed by atoms with Crippen molar-refractivity contribution in [1.82, 2.24) is 4.98 Å². The van der Waals surface area contributed by atoms with Gasteiger partial charge in [0.1, 0.15) is 0 Å². The first-order chi connectivity index (χ1) is 8.59. The molecule has 2 N–H and O–H groups in total. The highest BCUT2D eigenvalue weighted by Crippen LogP contribution is 2.22. The number of nitrogens with zero attached hydrogens (tertiary/aromatic N) is 2. The Kier molecular flexibility index (Phi) is 3.01. The van der Waals surface area contributed by atoms with Gasteiger partial charge in [0.15, 0.2) is 5.78 Å². The van der Waals surface area contributed by atoms with Crippen LogP contribution in [-0.4, -0.2) is 15.7 Å². The van der Waals surface area contributed by atoms with Gasteiger partial charge in [-0.05, 0) is 18.2 Å². The van der Waals surface area contributed by atoms with Gasteiger partial charge in [-0.15, -0.1) is 0 Å². The average molecular weight is 243 g/mol. The Hall–Kier alpha value is -2.76. The van der Waals surface area contributed by atoms with Crippen molar-refractivity contribution in [3.8, 4) is 0 Å². The van der Waals surface area contributed by atoms with Crippen molar-refractivity contribution in [1.29, 1.82) is 0 Å². The highest BCUT2D eigenvalue weighted by molar-refractivity contribution is 6.12. The van der Waals surface area contributed by atoms with Gasteiger partial charge >= 0.3 is 0 Å². The van der Waals surface area contributed by atoms with Gasteiger partial charge in [0.2, 0.25) is 0 Å². The maximum Gasteiger partial charge on any atom is 0.270 e. The molecule has 0 radical (unpaired) electrons. The molecular weight excluding hydrogens is 234 g/mol. The summed E-state index contributed by atoms with van der Waals surface area (Å²) in [5, 5.41) is 10.7. The van der Waals surface area contributed by atoms with Crippen LogP contribution in [0.1, 0.15) is 15.9 Å². The molecule has 0 bridgehead atoms. The first kappa shape index (κ1) is 11.7. The lowest BCUT2D eigenvalue weighted by molar-refractivity contribution is -0.384. The number of anilines is 1. The van der Waals surface area contributed by atoms with E-state index in [1.54, 1.807) is 12.1 Å². The number of nitro groups is 1. The van der Waals surface area contributed by atoms with Crippen molar-refractivity contribution in [2.45, 2.75) is 0 Å². The van der Waals surface area contributed by atoms with E-state index in [-0.39, 0.29) is 22.7 Å². The summed E-state index contributed by atoms with van der Waals surface area (Å²) < 4.78 is 0. The first-order valence-corrected chi connectivity index (χ1v) is 5.08. The molecule has 0 unspecified atom stereocenters. The zero-order valence-corrected chi connectivity index (χ0v) is 9.24. The van der Waals surface area contributed by atoms with Crippen LogP contribution in [0.25, 0.3) is 0 Å². The molecular formula is C12H9N3O3. The number of ketones is 1. The van der Waals surface area contributed by atoms with Gasteiger partial charge in [-0.25, -0.2) is 0 Å². The van der Waals surface area contributed by atoms with Crippen LogP contribution < -0.4 is 5.73 Å². The van der Waals surface area contributed by atoms with E-state index in [1.165, 1.54) is 30.6 Å². The lowest BCUT2D eigenvalue weighted by Crippen LogP contribution is -2.06. The van der Waals surface area contributed by atoms with E-state index < -0.39 is 4.92 Å². The highest BCUT2D eigenvalue weighted by atomic mass is 16.6. The second-order valence-electron chi connectivity index (χ2n) is 3.60. The molecule has 0 aliphatic rings. The van der Waals surface area contributed by atoms with Crippen LogP contribution in [0.5, 0.6) is 0 Å². The molecule has 1 aromatic heterocycles. The van der Waals surface area contributed by atoms with E-state index in [0.717, 1.165) is 0 Å². The molecule has 0 saturated carbocycles. The zero-order chi connectivity index (χ0) is 13.1. The SMILES string of the molecule is Nc1ccc([N+](=O)[O-])cc1C(=O)c1cccnc1. The number of aromatic nitrogens is 1. The fourth-order valence-electron chi connectivity index (χ4n) is 1.51. The summed E-state index contributed by atoms with van der Waals surface area (Å²) in [4.78, 5) is 26.0. The van der Waals surface area contributed by atoms with Crippen LogP contribution in [0.15, 0.2) is 42.7 Å². The zero-order valence-electron chi connectivity index (χ0n) is 9.24. The monoisotopic (exact) mass is 243 g/mol. The Morgan fingerprint density at radius 2 is 2.11 bits per heavy atom. The van der Waals surface area contributed by atoms with Crippen LogP contribution in [0.2, 0.25) is 0 Å². The molecule has 2 aromatic rings. The van der Waals surface area contributed by atoms with Crippen molar-refractivity contribution >= 4 is 17.2 Å². The number of carbonyl (C=O) groups is 1. The van der Waals surface area contributed by atoms with Crippen molar-refractivity contribution < 1.29 is 9.72 Å². The van der Waals surface area contributed by atoms with Gasteiger partial charge in [-0.1, -0.05) is 0 Å². The van der Waals surface area contributed by atoms with Crippen LogP contribution in [0, 0.1) is 10.1 Å². The van der Waals surface area contributed by atoms with Crippen LogP contribution in [0.3, 0.4) is 0 Å². The molecule has 1 aromatic carbocycles. The number of nitro benzene ring substituents is 1. The van der Waals surface area contributed by atoms with Gasteiger partial charge in [0.05, 0.1) is 10.5 Å². The molecule has 0 fully saturated rings. The molecule has 0 amide bonds. The number of hydrogen-bond acceptors (Lipinski definition) is 5. The maximum atomic E-state index is 12.1. The van der Waals surface area contributed by atoms with E-state index >= 15 is 0 Å². The molecule has 90 valence electrons. The molecule has 6 nitrogen and oxygen atoms in total. The minimum Gasteiger partial charge on any atom is -0.398 e. The van der Waals surface area contributed by atoms with Crippen molar-refractivity contribution in [3.63, 3.8) is 0 Å². The predicted octanol–water partition coefficient (Wildman–Crippen LogP) is 1.80. The van der Waals surface area contributed by atoms with Gasteiger partial charge in [-0.3, -0.25) is 19.9 Å². The Morgan fingerprint density at radius 1 is 1.33 bits per heavy atom. The average Bonchev–Trinajstić information content (AvgIpc) is 2.39. The second kappa shape index (κ2) is 4.62. The van der Waals surface area contributed by atoms with Crippen molar-refractivity contribution in [3.05, 3.63) is 64.0 Å². The highest BCUT2D eigenvalue weighted by Gasteiger charge is 2.16. The maximum absolute atomic E-state index is 12.1. The number of benzene rings is 1. The number of carbonyl (C=O) groups excluding carboxylic acids is 1.